The molecule has 0 bridgehead atoms. The number of fused-ring (bicyclic) bond motifs is 1. The zero-order valence-electron chi connectivity index (χ0n) is 14.8. The third-order valence-corrected chi connectivity index (χ3v) is 4.11. The van der Waals surface area contributed by atoms with Crippen LogP contribution in [0.1, 0.15) is 11.9 Å². The van der Waals surface area contributed by atoms with E-state index >= 15 is 0 Å². The van der Waals surface area contributed by atoms with Crippen LogP contribution in [0.4, 0.5) is 0 Å². The monoisotopic (exact) mass is 354 g/mol. The van der Waals surface area contributed by atoms with Crippen LogP contribution in [0, 0.1) is 0 Å². The highest BCUT2D eigenvalue weighted by Gasteiger charge is 2.18. The summed E-state index contributed by atoms with van der Waals surface area (Å²) in [6, 6.07) is 16.9. The Morgan fingerprint density at radius 1 is 1.00 bits per heavy atom. The number of nitrogens with zero attached hydrogens (tertiary/aromatic N) is 1. The number of benzene rings is 2. The molecule has 0 atom stereocenters. The Morgan fingerprint density at radius 3 is 2.38 bits per heavy atom. The summed E-state index contributed by atoms with van der Waals surface area (Å²) in [5.41, 5.74) is 6.72. The molecule has 0 unspecified atom stereocenters. The minimum Gasteiger partial charge on any atom is -0.457 e. The zero-order chi connectivity index (χ0) is 18.5. The van der Waals surface area contributed by atoms with E-state index in [0.29, 0.717) is 24.4 Å². The molecule has 0 aliphatic carbocycles. The van der Waals surface area contributed by atoms with Crippen LogP contribution < -0.4 is 16.0 Å². The molecule has 0 aliphatic heterocycles. The van der Waals surface area contributed by atoms with Gasteiger partial charge < -0.3 is 24.5 Å². The first-order chi connectivity index (χ1) is 12.7. The predicted molar refractivity (Wildman–Crippen MR) is 101 cm³/mol. The molecule has 0 aliphatic rings. The number of aromatic nitrogens is 1. The van der Waals surface area contributed by atoms with Gasteiger partial charge in [0.1, 0.15) is 11.5 Å². The van der Waals surface area contributed by atoms with E-state index < -0.39 is 6.29 Å². The highest BCUT2D eigenvalue weighted by molar-refractivity contribution is 5.81. The van der Waals surface area contributed by atoms with Crippen LogP contribution in [-0.4, -0.2) is 25.3 Å². The van der Waals surface area contributed by atoms with Gasteiger partial charge in [-0.2, -0.15) is 0 Å². The summed E-state index contributed by atoms with van der Waals surface area (Å²) in [7, 11) is 3.00. The van der Waals surface area contributed by atoms with E-state index in [0.717, 1.165) is 16.7 Å². The first-order valence-electron chi connectivity index (χ1n) is 8.34. The summed E-state index contributed by atoms with van der Waals surface area (Å²) >= 11 is 0. The summed E-state index contributed by atoms with van der Waals surface area (Å²) in [4.78, 5) is 12.9. The summed E-state index contributed by atoms with van der Waals surface area (Å²) in [5.74, 6) is 1.38. The lowest BCUT2D eigenvalue weighted by atomic mass is 10.1. The normalized spacial score (nSPS) is 11.2. The van der Waals surface area contributed by atoms with Gasteiger partial charge in [0.2, 0.25) is 0 Å². The van der Waals surface area contributed by atoms with E-state index in [4.69, 9.17) is 19.9 Å². The fourth-order valence-electron chi connectivity index (χ4n) is 2.93. The maximum Gasteiger partial charge on any atom is 0.259 e. The van der Waals surface area contributed by atoms with Gasteiger partial charge in [0.05, 0.1) is 11.1 Å². The molecule has 6 heteroatoms. The Hall–Kier alpha value is -2.67. The Bertz CT molecular complexity index is 934. The molecule has 0 radical (unpaired) electrons. The third kappa shape index (κ3) is 3.62. The van der Waals surface area contributed by atoms with Crippen LogP contribution in [0.25, 0.3) is 10.9 Å². The van der Waals surface area contributed by atoms with Crippen molar-refractivity contribution in [3.63, 3.8) is 0 Å². The Balaban J connectivity index is 2.12. The molecule has 2 aromatic carbocycles. The highest BCUT2D eigenvalue weighted by Crippen LogP contribution is 2.27. The van der Waals surface area contributed by atoms with E-state index in [-0.39, 0.29) is 5.56 Å². The van der Waals surface area contributed by atoms with Crippen molar-refractivity contribution in [2.45, 2.75) is 12.8 Å². The van der Waals surface area contributed by atoms with Gasteiger partial charge in [-0.05, 0) is 35.7 Å². The van der Waals surface area contributed by atoms with Crippen LogP contribution >= 0.6 is 0 Å². The number of hydrogen-bond acceptors (Lipinski definition) is 5. The van der Waals surface area contributed by atoms with Gasteiger partial charge in [-0.3, -0.25) is 4.79 Å². The number of nitrogens with two attached hydrogens (primary N) is 1. The topological polar surface area (TPSA) is 75.7 Å². The molecule has 1 aromatic heterocycles. The molecular formula is C20H22N2O4. The lowest BCUT2D eigenvalue weighted by molar-refractivity contribution is -0.106. The number of hydrogen-bond donors (Lipinski definition) is 1. The van der Waals surface area contributed by atoms with Gasteiger partial charge in [-0.15, -0.1) is 0 Å². The summed E-state index contributed by atoms with van der Waals surface area (Å²) in [5, 5.41) is 0.882. The van der Waals surface area contributed by atoms with Crippen molar-refractivity contribution in [1.29, 1.82) is 0 Å². The van der Waals surface area contributed by atoms with Crippen LogP contribution in [0.3, 0.4) is 0 Å². The minimum atomic E-state index is -0.726. The second-order valence-corrected chi connectivity index (χ2v) is 5.78. The molecule has 0 fully saturated rings. The summed E-state index contributed by atoms with van der Waals surface area (Å²) < 4.78 is 18.0. The molecular weight excluding hydrogens is 332 g/mol. The number of methoxy groups -OCH3 is 2. The molecule has 6 nitrogen and oxygen atoms in total. The lowest BCUT2D eigenvalue weighted by Gasteiger charge is -2.18. The zero-order valence-corrected chi connectivity index (χ0v) is 14.8. The number of pyridine rings is 1. The highest BCUT2D eigenvalue weighted by atomic mass is 16.7. The smallest absolute Gasteiger partial charge is 0.259 e. The van der Waals surface area contributed by atoms with E-state index in [1.165, 1.54) is 14.2 Å². The number of ether oxygens (including phenoxy) is 3. The molecule has 0 saturated heterocycles. The second-order valence-electron chi connectivity index (χ2n) is 5.78. The Labute approximate surface area is 151 Å². The van der Waals surface area contributed by atoms with Gasteiger partial charge in [-0.25, -0.2) is 0 Å². The van der Waals surface area contributed by atoms with E-state index in [2.05, 4.69) is 0 Å². The molecule has 0 saturated carbocycles. The van der Waals surface area contributed by atoms with Crippen molar-refractivity contribution in [2.75, 3.05) is 20.8 Å². The average molecular weight is 354 g/mol. The van der Waals surface area contributed by atoms with E-state index in [9.17, 15) is 4.79 Å². The maximum atomic E-state index is 12.9. The van der Waals surface area contributed by atoms with Crippen molar-refractivity contribution < 1.29 is 14.2 Å². The van der Waals surface area contributed by atoms with Gasteiger partial charge >= 0.3 is 0 Å². The Morgan fingerprint density at radius 2 is 1.73 bits per heavy atom. The van der Waals surface area contributed by atoms with Crippen LogP contribution in [0.2, 0.25) is 0 Å². The molecule has 0 amide bonds. The quantitative estimate of drug-likeness (QED) is 0.660. The largest absolute Gasteiger partial charge is 0.457 e. The van der Waals surface area contributed by atoms with Crippen molar-refractivity contribution >= 4 is 10.9 Å². The van der Waals surface area contributed by atoms with Gasteiger partial charge in [0, 0.05) is 33.4 Å². The van der Waals surface area contributed by atoms with Gasteiger partial charge in [0.15, 0.2) is 6.29 Å². The van der Waals surface area contributed by atoms with Crippen molar-refractivity contribution in [3.05, 3.63) is 70.5 Å². The fraction of sp³-hybridized carbons (Fsp3) is 0.250. The first kappa shape index (κ1) is 18.1. The van der Waals surface area contributed by atoms with E-state index in [1.54, 1.807) is 10.6 Å². The molecule has 26 heavy (non-hydrogen) atoms. The Kier molecular flexibility index (Phi) is 5.68. The third-order valence-electron chi connectivity index (χ3n) is 4.11. The summed E-state index contributed by atoms with van der Waals surface area (Å²) in [6.07, 6.45) is -0.726. The number of para-hydroxylation sites is 1. The second kappa shape index (κ2) is 8.14. The van der Waals surface area contributed by atoms with Crippen molar-refractivity contribution in [3.8, 4) is 11.5 Å². The van der Waals surface area contributed by atoms with Crippen LogP contribution in [-0.2, 0) is 16.0 Å². The SMILES string of the molecule is COC(OC)c1cc2ccc(Oc3ccccc3)cc2n(CCN)c1=O. The van der Waals surface area contributed by atoms with Crippen molar-refractivity contribution in [1.82, 2.24) is 4.57 Å². The van der Waals surface area contributed by atoms with Crippen LogP contribution in [0.15, 0.2) is 59.4 Å². The molecule has 0 spiro atoms. The molecule has 1 heterocycles. The molecule has 2 N–H and O–H groups in total. The minimum absolute atomic E-state index is 0.187. The molecule has 3 aromatic rings. The lowest BCUT2D eigenvalue weighted by Crippen LogP contribution is -2.29. The molecule has 3 rings (SSSR count). The van der Waals surface area contributed by atoms with E-state index in [1.807, 2.05) is 48.5 Å². The number of rotatable bonds is 7. The van der Waals surface area contributed by atoms with Gasteiger partial charge in [-0.1, -0.05) is 18.2 Å². The summed E-state index contributed by atoms with van der Waals surface area (Å²) in [6.45, 7) is 0.727. The average Bonchev–Trinajstić information content (AvgIpc) is 2.67. The first-order valence-corrected chi connectivity index (χ1v) is 8.34. The van der Waals surface area contributed by atoms with Gasteiger partial charge in [0.25, 0.3) is 5.56 Å². The van der Waals surface area contributed by atoms with Crippen LogP contribution in [0.5, 0.6) is 11.5 Å². The fourth-order valence-corrected chi connectivity index (χ4v) is 2.93. The molecule has 136 valence electrons. The standard InChI is InChI=1S/C20H22N2O4/c1-24-20(25-2)17-12-14-8-9-16(26-15-6-4-3-5-7-15)13-18(14)22(11-10-21)19(17)23/h3-9,12-13,20H,10-11,21H2,1-2H3. The van der Waals surface area contributed by atoms with Crippen molar-refractivity contribution in [2.24, 2.45) is 5.73 Å². The predicted octanol–water partition coefficient (Wildman–Crippen LogP) is 3.04. The maximum absolute atomic E-state index is 12.9.